The van der Waals surface area contributed by atoms with Crippen molar-refractivity contribution in [2.45, 2.75) is 6.92 Å². The number of nitrogens with zero attached hydrogens (tertiary/aromatic N) is 1. The molecule has 19 heavy (non-hydrogen) atoms. The van der Waals surface area contributed by atoms with E-state index in [1.54, 1.807) is 12.1 Å². The highest BCUT2D eigenvalue weighted by Gasteiger charge is 2.09. The first-order chi connectivity index (χ1) is 9.13. The van der Waals surface area contributed by atoms with Gasteiger partial charge in [0.1, 0.15) is 5.52 Å². The van der Waals surface area contributed by atoms with Gasteiger partial charge < -0.3 is 9.52 Å². The summed E-state index contributed by atoms with van der Waals surface area (Å²) in [5, 5.41) is 8.85. The lowest BCUT2D eigenvalue weighted by Crippen LogP contribution is -1.94. The summed E-state index contributed by atoms with van der Waals surface area (Å²) >= 11 is 0. The van der Waals surface area contributed by atoms with Crippen LogP contribution in [0.25, 0.3) is 22.6 Å². The summed E-state index contributed by atoms with van der Waals surface area (Å²) in [6.45, 7) is 2.00. The highest BCUT2D eigenvalue weighted by molar-refractivity contribution is 5.88. The molecule has 0 amide bonds. The third-order valence-electron chi connectivity index (χ3n) is 2.92. The van der Waals surface area contributed by atoms with Crippen LogP contribution in [0.3, 0.4) is 0 Å². The largest absolute Gasteiger partial charge is 0.478 e. The van der Waals surface area contributed by atoms with Crippen LogP contribution < -0.4 is 0 Å². The molecule has 0 aliphatic carbocycles. The van der Waals surface area contributed by atoms with E-state index in [0.717, 1.165) is 22.2 Å². The SMILES string of the molecule is Cc1ccc2oc(-c3ccc(C(=O)O)cc3)nc2c1. The number of fused-ring (bicyclic) bond motifs is 1. The summed E-state index contributed by atoms with van der Waals surface area (Å²) < 4.78 is 5.65. The van der Waals surface area contributed by atoms with Gasteiger partial charge in [0.05, 0.1) is 5.56 Å². The summed E-state index contributed by atoms with van der Waals surface area (Å²) in [5.74, 6) is -0.447. The Kier molecular flexibility index (Phi) is 2.56. The lowest BCUT2D eigenvalue weighted by atomic mass is 10.1. The normalized spacial score (nSPS) is 10.8. The molecule has 0 saturated carbocycles. The van der Waals surface area contributed by atoms with E-state index in [0.29, 0.717) is 5.89 Å². The summed E-state index contributed by atoms with van der Waals surface area (Å²) in [7, 11) is 0. The second-order valence-corrected chi connectivity index (χ2v) is 4.37. The standard InChI is InChI=1S/C15H11NO3/c1-9-2-7-13-12(8-9)16-14(19-13)10-3-5-11(6-4-10)15(17)18/h2-8H,1H3,(H,17,18). The maximum atomic E-state index is 10.8. The molecule has 94 valence electrons. The van der Waals surface area contributed by atoms with Crippen molar-refractivity contribution < 1.29 is 14.3 Å². The molecule has 0 unspecified atom stereocenters. The Hall–Kier alpha value is -2.62. The minimum atomic E-state index is -0.945. The third-order valence-corrected chi connectivity index (χ3v) is 2.92. The number of carboxylic acid groups (broad SMARTS) is 1. The molecule has 2 aromatic carbocycles. The summed E-state index contributed by atoms with van der Waals surface area (Å²) in [6.07, 6.45) is 0. The van der Waals surface area contributed by atoms with Gasteiger partial charge in [0.25, 0.3) is 0 Å². The van der Waals surface area contributed by atoms with Crippen molar-refractivity contribution in [3.8, 4) is 11.5 Å². The molecule has 0 atom stereocenters. The molecule has 3 aromatic rings. The number of hydrogen-bond acceptors (Lipinski definition) is 3. The van der Waals surface area contributed by atoms with Crippen molar-refractivity contribution in [1.29, 1.82) is 0 Å². The molecule has 1 aromatic heterocycles. The van der Waals surface area contributed by atoms with Crippen molar-refractivity contribution in [1.82, 2.24) is 4.98 Å². The van der Waals surface area contributed by atoms with Crippen LogP contribution >= 0.6 is 0 Å². The topological polar surface area (TPSA) is 63.3 Å². The molecule has 0 radical (unpaired) electrons. The van der Waals surface area contributed by atoms with Gasteiger partial charge in [0.2, 0.25) is 5.89 Å². The number of benzene rings is 2. The van der Waals surface area contributed by atoms with E-state index in [2.05, 4.69) is 4.98 Å². The highest BCUT2D eigenvalue weighted by Crippen LogP contribution is 2.25. The minimum Gasteiger partial charge on any atom is -0.478 e. The van der Waals surface area contributed by atoms with Crippen molar-refractivity contribution >= 4 is 17.1 Å². The van der Waals surface area contributed by atoms with Gasteiger partial charge in [-0.2, -0.15) is 0 Å². The van der Waals surface area contributed by atoms with Crippen LogP contribution in [-0.2, 0) is 0 Å². The van der Waals surface area contributed by atoms with Gasteiger partial charge in [-0.25, -0.2) is 9.78 Å². The molecule has 4 heteroatoms. The van der Waals surface area contributed by atoms with Crippen LogP contribution in [0.5, 0.6) is 0 Å². The summed E-state index contributed by atoms with van der Waals surface area (Å²) in [6, 6.07) is 12.3. The van der Waals surface area contributed by atoms with E-state index in [1.807, 2.05) is 25.1 Å². The van der Waals surface area contributed by atoms with Gasteiger partial charge in [-0.3, -0.25) is 0 Å². The fraction of sp³-hybridized carbons (Fsp3) is 0.0667. The summed E-state index contributed by atoms with van der Waals surface area (Å²) in [5.41, 5.74) is 3.66. The quantitative estimate of drug-likeness (QED) is 0.759. The van der Waals surface area contributed by atoms with E-state index in [1.165, 1.54) is 12.1 Å². The van der Waals surface area contributed by atoms with Crippen molar-refractivity contribution in [2.24, 2.45) is 0 Å². The second-order valence-electron chi connectivity index (χ2n) is 4.37. The number of hydrogen-bond donors (Lipinski definition) is 1. The van der Waals surface area contributed by atoms with Crippen LogP contribution in [-0.4, -0.2) is 16.1 Å². The molecule has 1 heterocycles. The molecular formula is C15H11NO3. The number of aromatic carboxylic acids is 1. The molecule has 0 saturated heterocycles. The molecule has 1 N–H and O–H groups in total. The van der Waals surface area contributed by atoms with E-state index in [9.17, 15) is 4.79 Å². The van der Waals surface area contributed by atoms with E-state index >= 15 is 0 Å². The van der Waals surface area contributed by atoms with Crippen molar-refractivity contribution in [2.75, 3.05) is 0 Å². The Morgan fingerprint density at radius 3 is 2.58 bits per heavy atom. The number of aromatic nitrogens is 1. The molecule has 3 rings (SSSR count). The lowest BCUT2D eigenvalue weighted by molar-refractivity contribution is 0.0697. The third kappa shape index (κ3) is 2.08. The van der Waals surface area contributed by atoms with Gasteiger partial charge in [-0.15, -0.1) is 0 Å². The number of carbonyl (C=O) groups is 1. The Morgan fingerprint density at radius 2 is 1.89 bits per heavy atom. The molecule has 4 nitrogen and oxygen atoms in total. The first-order valence-electron chi connectivity index (χ1n) is 5.84. The monoisotopic (exact) mass is 253 g/mol. The Morgan fingerprint density at radius 1 is 1.16 bits per heavy atom. The second kappa shape index (κ2) is 4.24. The van der Waals surface area contributed by atoms with Gasteiger partial charge in [-0.1, -0.05) is 6.07 Å². The molecule has 0 aliphatic heterocycles. The maximum Gasteiger partial charge on any atom is 0.335 e. The first kappa shape index (κ1) is 11.5. The molecule has 0 spiro atoms. The fourth-order valence-corrected chi connectivity index (χ4v) is 1.92. The fourth-order valence-electron chi connectivity index (χ4n) is 1.92. The van der Waals surface area contributed by atoms with Gasteiger partial charge >= 0.3 is 5.97 Å². The van der Waals surface area contributed by atoms with Crippen LogP contribution in [0.15, 0.2) is 46.9 Å². The maximum absolute atomic E-state index is 10.8. The van der Waals surface area contributed by atoms with Crippen LogP contribution in [0.4, 0.5) is 0 Å². The van der Waals surface area contributed by atoms with Gasteiger partial charge in [-0.05, 0) is 48.9 Å². The van der Waals surface area contributed by atoms with Crippen LogP contribution in [0.1, 0.15) is 15.9 Å². The van der Waals surface area contributed by atoms with Crippen LogP contribution in [0.2, 0.25) is 0 Å². The molecular weight excluding hydrogens is 242 g/mol. The molecule has 0 bridgehead atoms. The number of aryl methyl sites for hydroxylation is 1. The lowest BCUT2D eigenvalue weighted by Gasteiger charge is -1.96. The zero-order chi connectivity index (χ0) is 13.4. The predicted octanol–water partition coefficient (Wildman–Crippen LogP) is 3.50. The van der Waals surface area contributed by atoms with Gasteiger partial charge in [0, 0.05) is 5.56 Å². The van der Waals surface area contributed by atoms with E-state index in [-0.39, 0.29) is 5.56 Å². The highest BCUT2D eigenvalue weighted by atomic mass is 16.4. The zero-order valence-electron chi connectivity index (χ0n) is 10.3. The number of oxazole rings is 1. The van der Waals surface area contributed by atoms with Gasteiger partial charge in [0.15, 0.2) is 5.58 Å². The Bertz CT molecular complexity index is 757. The Labute approximate surface area is 109 Å². The summed E-state index contributed by atoms with van der Waals surface area (Å²) in [4.78, 5) is 15.2. The zero-order valence-corrected chi connectivity index (χ0v) is 10.3. The molecule has 0 aliphatic rings. The number of carboxylic acids is 1. The number of rotatable bonds is 2. The van der Waals surface area contributed by atoms with Crippen LogP contribution in [0, 0.1) is 6.92 Å². The minimum absolute atomic E-state index is 0.246. The molecule has 0 fully saturated rings. The van der Waals surface area contributed by atoms with Crippen molar-refractivity contribution in [3.05, 3.63) is 53.6 Å². The van der Waals surface area contributed by atoms with E-state index < -0.39 is 5.97 Å². The average Bonchev–Trinajstić information content (AvgIpc) is 2.81. The average molecular weight is 253 g/mol. The first-order valence-corrected chi connectivity index (χ1v) is 5.84. The predicted molar refractivity (Wildman–Crippen MR) is 71.1 cm³/mol. The Balaban J connectivity index is 2.06. The van der Waals surface area contributed by atoms with Crippen molar-refractivity contribution in [3.63, 3.8) is 0 Å². The van der Waals surface area contributed by atoms with E-state index in [4.69, 9.17) is 9.52 Å². The smallest absolute Gasteiger partial charge is 0.335 e.